The first-order chi connectivity index (χ1) is 9.22. The van der Waals surface area contributed by atoms with Crippen molar-refractivity contribution < 1.29 is 14.7 Å². The Morgan fingerprint density at radius 1 is 1.53 bits per heavy atom. The molecule has 1 amide bonds. The van der Waals surface area contributed by atoms with E-state index in [2.05, 4.69) is 5.32 Å². The molecule has 5 nitrogen and oxygen atoms in total. The topological polar surface area (TPSA) is 69.6 Å². The third kappa shape index (κ3) is 5.81. The van der Waals surface area contributed by atoms with Crippen LogP contribution in [0.5, 0.6) is 0 Å². The molecule has 1 atom stereocenters. The Balaban J connectivity index is 0.00000154. The van der Waals surface area contributed by atoms with Crippen LogP contribution < -0.4 is 5.32 Å². The highest BCUT2D eigenvalue weighted by Gasteiger charge is 2.25. The molecule has 2 N–H and O–H groups in total. The largest absolute Gasteiger partial charge is 0.400 e. The number of aliphatic hydroxyl groups excluding tert-OH is 1. The molecule has 0 radical (unpaired) electrons. The number of aliphatic hydroxyl groups is 1. The number of rotatable bonds is 5. The third-order valence-electron chi connectivity index (χ3n) is 2.81. The van der Waals surface area contributed by atoms with E-state index in [1.54, 1.807) is 0 Å². The first-order valence-electron chi connectivity index (χ1n) is 6.46. The van der Waals surface area contributed by atoms with Crippen LogP contribution in [0.4, 0.5) is 0 Å². The predicted octanol–water partition coefficient (Wildman–Crippen LogP) is 0.507. The number of piperazine rings is 1. The lowest BCUT2D eigenvalue weighted by Gasteiger charge is -2.31. The molecule has 1 aliphatic heterocycles. The number of carbonyl (C=O) groups is 2. The van der Waals surface area contributed by atoms with Gasteiger partial charge in [0.25, 0.3) is 0 Å². The zero-order valence-electron chi connectivity index (χ0n) is 11.9. The van der Waals surface area contributed by atoms with Crippen molar-refractivity contribution in [2.24, 2.45) is 0 Å². The van der Waals surface area contributed by atoms with Crippen molar-refractivity contribution >= 4 is 12.2 Å². The molecule has 1 fully saturated rings. The van der Waals surface area contributed by atoms with Crippen molar-refractivity contribution in [2.45, 2.75) is 26.3 Å². The Labute approximate surface area is 115 Å². The van der Waals surface area contributed by atoms with E-state index >= 15 is 0 Å². The average molecular weight is 268 g/mol. The van der Waals surface area contributed by atoms with Crippen LogP contribution in [0.15, 0.2) is 23.8 Å². The highest BCUT2D eigenvalue weighted by molar-refractivity contribution is 5.79. The number of carbonyl (C=O) groups excluding carboxylic acids is 2. The van der Waals surface area contributed by atoms with Gasteiger partial charge in [0.2, 0.25) is 5.91 Å². The molecular weight excluding hydrogens is 244 g/mol. The van der Waals surface area contributed by atoms with Gasteiger partial charge in [-0.05, 0) is 18.9 Å². The van der Waals surface area contributed by atoms with E-state index in [9.17, 15) is 9.59 Å². The van der Waals surface area contributed by atoms with Crippen molar-refractivity contribution in [3.63, 3.8) is 0 Å². The first-order valence-corrected chi connectivity index (χ1v) is 6.46. The number of nitrogens with zero attached hydrogens (tertiary/aromatic N) is 1. The highest BCUT2D eigenvalue weighted by atomic mass is 16.2. The Kier molecular flexibility index (Phi) is 9.66. The van der Waals surface area contributed by atoms with Crippen molar-refractivity contribution in [2.75, 3.05) is 26.7 Å². The second-order valence-corrected chi connectivity index (χ2v) is 4.00. The van der Waals surface area contributed by atoms with Gasteiger partial charge in [-0.2, -0.15) is 0 Å². The molecule has 0 bridgehead atoms. The third-order valence-corrected chi connectivity index (χ3v) is 2.81. The molecule has 5 heteroatoms. The summed E-state index contributed by atoms with van der Waals surface area (Å²) in [4.78, 5) is 24.4. The van der Waals surface area contributed by atoms with Gasteiger partial charge in [-0.25, -0.2) is 0 Å². The fraction of sp³-hybridized carbons (Fsp3) is 0.571. The molecular formula is C14H24N2O3. The van der Waals surface area contributed by atoms with Crippen LogP contribution in [0, 0.1) is 0 Å². The van der Waals surface area contributed by atoms with Crippen molar-refractivity contribution in [1.82, 2.24) is 10.2 Å². The standard InChI is InChI=1S/C13H20N2O2.CH4O/c1-3-5-6-11(4-2)12(10-16)15-8-7-14-13(17)9-15;1-2/h4-6,10,12H,3,7-9H2,1-2H3,(H,14,17);2H,1H3/b6-5-,11-4+;. The van der Waals surface area contributed by atoms with E-state index in [1.807, 2.05) is 37.0 Å². The maximum atomic E-state index is 11.3. The zero-order valence-corrected chi connectivity index (χ0v) is 11.9. The number of hydrogen-bond donors (Lipinski definition) is 2. The zero-order chi connectivity index (χ0) is 14.7. The summed E-state index contributed by atoms with van der Waals surface area (Å²) in [6, 6.07) is -0.311. The minimum absolute atomic E-state index is 0.0157. The van der Waals surface area contributed by atoms with Crippen molar-refractivity contribution in [3.8, 4) is 0 Å². The molecule has 1 saturated heterocycles. The lowest BCUT2D eigenvalue weighted by molar-refractivity contribution is -0.125. The average Bonchev–Trinajstić information content (AvgIpc) is 2.45. The van der Waals surface area contributed by atoms with Gasteiger partial charge in [0.05, 0.1) is 12.6 Å². The summed E-state index contributed by atoms with van der Waals surface area (Å²) in [5.41, 5.74) is 0.955. The van der Waals surface area contributed by atoms with Gasteiger partial charge in [0.15, 0.2) is 0 Å². The van der Waals surface area contributed by atoms with Crippen LogP contribution >= 0.6 is 0 Å². The smallest absolute Gasteiger partial charge is 0.234 e. The molecule has 0 aromatic carbocycles. The van der Waals surface area contributed by atoms with Gasteiger partial charge < -0.3 is 15.2 Å². The Hall–Kier alpha value is -1.46. The second-order valence-electron chi connectivity index (χ2n) is 4.00. The van der Waals surface area contributed by atoms with E-state index in [0.29, 0.717) is 19.6 Å². The molecule has 0 aromatic rings. The summed E-state index contributed by atoms with van der Waals surface area (Å²) in [7, 11) is 1.00. The summed E-state index contributed by atoms with van der Waals surface area (Å²) >= 11 is 0. The van der Waals surface area contributed by atoms with E-state index in [4.69, 9.17) is 5.11 Å². The van der Waals surface area contributed by atoms with E-state index in [0.717, 1.165) is 25.4 Å². The van der Waals surface area contributed by atoms with E-state index in [-0.39, 0.29) is 11.9 Å². The summed E-state index contributed by atoms with van der Waals surface area (Å²) in [6.07, 6.45) is 7.76. The number of amides is 1. The van der Waals surface area contributed by atoms with Crippen LogP contribution in [0.2, 0.25) is 0 Å². The van der Waals surface area contributed by atoms with Gasteiger partial charge >= 0.3 is 0 Å². The van der Waals surface area contributed by atoms with Gasteiger partial charge in [0, 0.05) is 20.2 Å². The van der Waals surface area contributed by atoms with Crippen molar-refractivity contribution in [3.05, 3.63) is 23.8 Å². The fourth-order valence-electron chi connectivity index (χ4n) is 1.89. The van der Waals surface area contributed by atoms with E-state index < -0.39 is 0 Å². The predicted molar refractivity (Wildman–Crippen MR) is 75.8 cm³/mol. The molecule has 1 rings (SSSR count). The quantitative estimate of drug-likeness (QED) is 0.563. The number of nitrogens with one attached hydrogen (secondary N) is 1. The maximum absolute atomic E-state index is 11.3. The second kappa shape index (κ2) is 10.5. The summed E-state index contributed by atoms with van der Waals surface area (Å²) in [5, 5.41) is 9.76. The minimum Gasteiger partial charge on any atom is -0.400 e. The summed E-state index contributed by atoms with van der Waals surface area (Å²) in [6.45, 7) is 5.58. The first kappa shape index (κ1) is 17.5. The molecule has 108 valence electrons. The number of allylic oxidation sites excluding steroid dienone is 2. The molecule has 1 heterocycles. The van der Waals surface area contributed by atoms with Gasteiger partial charge in [0.1, 0.15) is 6.29 Å². The molecule has 1 unspecified atom stereocenters. The molecule has 0 saturated carbocycles. The molecule has 0 aliphatic carbocycles. The Morgan fingerprint density at radius 2 is 2.21 bits per heavy atom. The molecule has 19 heavy (non-hydrogen) atoms. The number of hydrogen-bond acceptors (Lipinski definition) is 4. The minimum atomic E-state index is -0.311. The fourth-order valence-corrected chi connectivity index (χ4v) is 1.89. The Bertz CT molecular complexity index is 338. The van der Waals surface area contributed by atoms with E-state index in [1.165, 1.54) is 0 Å². The summed E-state index contributed by atoms with van der Waals surface area (Å²) < 4.78 is 0. The lowest BCUT2D eigenvalue weighted by Crippen LogP contribution is -2.52. The van der Waals surface area contributed by atoms with Crippen LogP contribution in [-0.4, -0.2) is 55.0 Å². The Morgan fingerprint density at radius 3 is 2.68 bits per heavy atom. The van der Waals surface area contributed by atoms with Crippen LogP contribution in [0.25, 0.3) is 0 Å². The highest BCUT2D eigenvalue weighted by Crippen LogP contribution is 2.12. The van der Waals surface area contributed by atoms with Crippen LogP contribution in [-0.2, 0) is 9.59 Å². The van der Waals surface area contributed by atoms with Crippen molar-refractivity contribution in [1.29, 1.82) is 0 Å². The van der Waals surface area contributed by atoms with Gasteiger partial charge in [-0.3, -0.25) is 9.69 Å². The molecule has 0 spiro atoms. The monoisotopic (exact) mass is 268 g/mol. The molecule has 0 aromatic heterocycles. The lowest BCUT2D eigenvalue weighted by atomic mass is 10.0. The molecule has 1 aliphatic rings. The number of aldehydes is 1. The van der Waals surface area contributed by atoms with Crippen LogP contribution in [0.3, 0.4) is 0 Å². The SMILES string of the molecule is C/C=C(\C=C/CC)C(C=O)N1CCNC(=O)C1.CO. The maximum Gasteiger partial charge on any atom is 0.234 e. The van der Waals surface area contributed by atoms with Gasteiger partial charge in [-0.1, -0.05) is 25.2 Å². The summed E-state index contributed by atoms with van der Waals surface area (Å²) in [5.74, 6) is -0.0157. The van der Waals surface area contributed by atoms with Crippen LogP contribution in [0.1, 0.15) is 20.3 Å². The van der Waals surface area contributed by atoms with Gasteiger partial charge in [-0.15, -0.1) is 0 Å². The normalized spacial score (nSPS) is 18.5.